The summed E-state index contributed by atoms with van der Waals surface area (Å²) >= 11 is 5.93. The van der Waals surface area contributed by atoms with Gasteiger partial charge in [-0.05, 0) is 36.4 Å². The molecule has 24 heavy (non-hydrogen) atoms. The highest BCUT2D eigenvalue weighted by Gasteiger charge is 2.54. The van der Waals surface area contributed by atoms with Gasteiger partial charge >= 0.3 is 6.03 Å². The summed E-state index contributed by atoms with van der Waals surface area (Å²) in [4.78, 5) is 16.2. The molecule has 5 nitrogen and oxygen atoms in total. The van der Waals surface area contributed by atoms with E-state index in [0.29, 0.717) is 16.4 Å². The number of sulfone groups is 1. The summed E-state index contributed by atoms with van der Waals surface area (Å²) in [5, 5.41) is 0.570. The number of urea groups is 1. The summed E-state index contributed by atoms with van der Waals surface area (Å²) in [6, 6.07) is 15.1. The number of amides is 2. The van der Waals surface area contributed by atoms with Crippen molar-refractivity contribution in [2.75, 3.05) is 21.3 Å². The zero-order chi connectivity index (χ0) is 16.9. The van der Waals surface area contributed by atoms with Gasteiger partial charge in [-0.2, -0.15) is 0 Å². The number of carbonyl (C=O) groups is 1. The van der Waals surface area contributed by atoms with Crippen LogP contribution in [0.2, 0.25) is 5.02 Å². The number of anilines is 2. The SMILES string of the molecule is O=C1N(c2ccccc2)C2CS(=O)(=O)CC2N1c1ccc(Cl)cc1. The summed E-state index contributed by atoms with van der Waals surface area (Å²) < 4.78 is 24.3. The largest absolute Gasteiger partial charge is 0.329 e. The van der Waals surface area contributed by atoms with E-state index in [0.717, 1.165) is 0 Å². The average Bonchev–Trinajstić information content (AvgIpc) is 2.98. The lowest BCUT2D eigenvalue weighted by Crippen LogP contribution is -2.37. The number of nitrogens with zero attached hydrogens (tertiary/aromatic N) is 2. The molecule has 2 amide bonds. The summed E-state index contributed by atoms with van der Waals surface area (Å²) in [7, 11) is -3.18. The zero-order valence-corrected chi connectivity index (χ0v) is 14.2. The maximum atomic E-state index is 13.0. The van der Waals surface area contributed by atoms with Crippen molar-refractivity contribution in [3.8, 4) is 0 Å². The molecular formula is C17H15ClN2O3S. The number of hydrogen-bond acceptors (Lipinski definition) is 3. The van der Waals surface area contributed by atoms with Crippen LogP contribution in [0, 0.1) is 0 Å². The van der Waals surface area contributed by atoms with E-state index in [1.807, 2.05) is 30.3 Å². The Morgan fingerprint density at radius 1 is 0.833 bits per heavy atom. The number of hydrogen-bond donors (Lipinski definition) is 0. The molecule has 0 aromatic heterocycles. The van der Waals surface area contributed by atoms with E-state index < -0.39 is 9.84 Å². The molecule has 4 rings (SSSR count). The fourth-order valence-corrected chi connectivity index (χ4v) is 5.54. The molecule has 2 aliphatic rings. The van der Waals surface area contributed by atoms with Crippen molar-refractivity contribution in [2.45, 2.75) is 12.1 Å². The first kappa shape index (κ1) is 15.5. The molecule has 2 unspecified atom stereocenters. The first-order valence-electron chi connectivity index (χ1n) is 7.60. The van der Waals surface area contributed by atoms with Gasteiger partial charge in [0.05, 0.1) is 23.6 Å². The van der Waals surface area contributed by atoms with Crippen molar-refractivity contribution in [1.82, 2.24) is 0 Å². The smallest absolute Gasteiger partial charge is 0.288 e. The van der Waals surface area contributed by atoms with Crippen LogP contribution < -0.4 is 9.80 Å². The van der Waals surface area contributed by atoms with E-state index in [9.17, 15) is 13.2 Å². The first-order valence-corrected chi connectivity index (χ1v) is 9.80. The van der Waals surface area contributed by atoms with Crippen LogP contribution in [0.5, 0.6) is 0 Å². The number of para-hydroxylation sites is 1. The summed E-state index contributed by atoms with van der Waals surface area (Å²) in [5.74, 6) is -0.0300. The van der Waals surface area contributed by atoms with E-state index in [2.05, 4.69) is 0 Å². The number of fused-ring (bicyclic) bond motifs is 1. The van der Waals surface area contributed by atoms with Gasteiger partial charge in [0.25, 0.3) is 0 Å². The monoisotopic (exact) mass is 362 g/mol. The molecule has 2 heterocycles. The highest BCUT2D eigenvalue weighted by atomic mass is 35.5. The van der Waals surface area contributed by atoms with Crippen molar-refractivity contribution >= 4 is 38.8 Å². The molecule has 2 saturated heterocycles. The van der Waals surface area contributed by atoms with E-state index in [4.69, 9.17) is 11.6 Å². The summed E-state index contributed by atoms with van der Waals surface area (Å²) in [5.41, 5.74) is 1.38. The van der Waals surface area contributed by atoms with Crippen molar-refractivity contribution in [3.05, 3.63) is 59.6 Å². The number of halogens is 1. The Morgan fingerprint density at radius 2 is 1.33 bits per heavy atom. The fourth-order valence-electron chi connectivity index (χ4n) is 3.50. The number of carbonyl (C=O) groups excluding carboxylic acids is 1. The first-order chi connectivity index (χ1) is 11.5. The lowest BCUT2D eigenvalue weighted by atomic mass is 10.1. The van der Waals surface area contributed by atoms with Crippen LogP contribution in [-0.2, 0) is 9.84 Å². The third-order valence-electron chi connectivity index (χ3n) is 4.51. The van der Waals surface area contributed by atoms with E-state index in [-0.39, 0.29) is 29.6 Å². The van der Waals surface area contributed by atoms with Gasteiger partial charge < -0.3 is 0 Å². The Balaban J connectivity index is 1.80. The van der Waals surface area contributed by atoms with Gasteiger partial charge in [-0.15, -0.1) is 0 Å². The van der Waals surface area contributed by atoms with E-state index >= 15 is 0 Å². The standard InChI is InChI=1S/C17H15ClN2O3S/c18-12-6-8-14(9-7-12)20-16-11-24(22,23)10-15(16)19(17(20)21)13-4-2-1-3-5-13/h1-9,15-16H,10-11H2. The quantitative estimate of drug-likeness (QED) is 0.772. The number of benzene rings is 2. The molecular weight excluding hydrogens is 348 g/mol. The average molecular weight is 363 g/mol. The Morgan fingerprint density at radius 3 is 1.88 bits per heavy atom. The summed E-state index contributed by atoms with van der Waals surface area (Å²) in [6.45, 7) is 0. The lowest BCUT2D eigenvalue weighted by molar-refractivity contribution is 0.255. The van der Waals surface area contributed by atoms with Crippen LogP contribution in [0.1, 0.15) is 0 Å². The third kappa shape index (κ3) is 2.46. The second kappa shape index (κ2) is 5.50. The van der Waals surface area contributed by atoms with Gasteiger partial charge in [-0.3, -0.25) is 9.80 Å². The maximum Gasteiger partial charge on any atom is 0.329 e. The molecule has 0 radical (unpaired) electrons. The molecule has 2 aromatic rings. The molecule has 0 aliphatic carbocycles. The van der Waals surface area contributed by atoms with Crippen LogP contribution in [0.25, 0.3) is 0 Å². The van der Waals surface area contributed by atoms with E-state index in [1.165, 1.54) is 0 Å². The second-order valence-corrected chi connectivity index (χ2v) is 8.64. The Bertz CT molecular complexity index is 884. The lowest BCUT2D eigenvalue weighted by Gasteiger charge is -2.22. The molecule has 0 spiro atoms. The molecule has 7 heteroatoms. The highest BCUT2D eigenvalue weighted by Crippen LogP contribution is 2.37. The Labute approximate surface area is 145 Å². The van der Waals surface area contributed by atoms with Crippen molar-refractivity contribution < 1.29 is 13.2 Å². The van der Waals surface area contributed by atoms with Gasteiger partial charge in [-0.1, -0.05) is 29.8 Å². The minimum atomic E-state index is -3.18. The predicted octanol–water partition coefficient (Wildman–Crippen LogP) is 2.95. The number of rotatable bonds is 2. The van der Waals surface area contributed by atoms with Gasteiger partial charge in [0, 0.05) is 16.4 Å². The summed E-state index contributed by atoms with van der Waals surface area (Å²) in [6.07, 6.45) is 0. The molecule has 0 bridgehead atoms. The van der Waals surface area contributed by atoms with Crippen LogP contribution >= 0.6 is 11.6 Å². The fraction of sp³-hybridized carbons (Fsp3) is 0.235. The van der Waals surface area contributed by atoms with Crippen molar-refractivity contribution in [1.29, 1.82) is 0 Å². The molecule has 2 atom stereocenters. The van der Waals surface area contributed by atoms with Crippen LogP contribution in [0.15, 0.2) is 54.6 Å². The predicted molar refractivity (Wildman–Crippen MR) is 94.5 cm³/mol. The second-order valence-electron chi connectivity index (χ2n) is 6.05. The van der Waals surface area contributed by atoms with Crippen LogP contribution in [0.4, 0.5) is 16.2 Å². The molecule has 2 aromatic carbocycles. The molecule has 2 aliphatic heterocycles. The van der Waals surface area contributed by atoms with Gasteiger partial charge in [0.15, 0.2) is 9.84 Å². The Hall–Kier alpha value is -2.05. The zero-order valence-electron chi connectivity index (χ0n) is 12.7. The van der Waals surface area contributed by atoms with Crippen molar-refractivity contribution in [2.24, 2.45) is 0 Å². The Kier molecular flexibility index (Phi) is 3.54. The topological polar surface area (TPSA) is 57.7 Å². The molecule has 0 saturated carbocycles. The van der Waals surface area contributed by atoms with Crippen LogP contribution in [0.3, 0.4) is 0 Å². The highest BCUT2D eigenvalue weighted by molar-refractivity contribution is 7.91. The van der Waals surface area contributed by atoms with Gasteiger partial charge in [-0.25, -0.2) is 13.2 Å². The molecule has 124 valence electrons. The van der Waals surface area contributed by atoms with E-state index in [1.54, 1.807) is 34.1 Å². The molecule has 2 fully saturated rings. The normalized spacial score (nSPS) is 25.1. The maximum absolute atomic E-state index is 13.0. The van der Waals surface area contributed by atoms with Crippen LogP contribution in [-0.4, -0.2) is 38.0 Å². The minimum Gasteiger partial charge on any atom is -0.288 e. The van der Waals surface area contributed by atoms with Gasteiger partial charge in [0.1, 0.15) is 0 Å². The third-order valence-corrected chi connectivity index (χ3v) is 6.46. The minimum absolute atomic E-state index is 0.0115. The molecule has 0 N–H and O–H groups in total. The van der Waals surface area contributed by atoms with Crippen molar-refractivity contribution in [3.63, 3.8) is 0 Å². The van der Waals surface area contributed by atoms with Gasteiger partial charge in [0.2, 0.25) is 0 Å².